The quantitative estimate of drug-likeness (QED) is 0.114. The number of benzene rings is 4. The van der Waals surface area contributed by atoms with E-state index >= 15 is 0 Å². The van der Waals surface area contributed by atoms with Gasteiger partial charge in [-0.2, -0.15) is 84.9 Å². The molecular weight excluding hydrogens is 615 g/mol. The topological polar surface area (TPSA) is 0 Å². The largest absolute Gasteiger partial charge is 4.00 e. The van der Waals surface area contributed by atoms with Crippen LogP contribution in [0.2, 0.25) is 13.1 Å². The van der Waals surface area contributed by atoms with E-state index in [4.69, 9.17) is 0 Å². The van der Waals surface area contributed by atoms with Gasteiger partial charge < -0.3 is 0 Å². The minimum Gasteiger partial charge on any atom is -0.184 e. The maximum atomic E-state index is 2.89. The first kappa shape index (κ1) is 31.2. The van der Waals surface area contributed by atoms with Crippen LogP contribution in [0.15, 0.2) is 133 Å². The van der Waals surface area contributed by atoms with Gasteiger partial charge in [0, 0.05) is 9.52 Å². The average molecular weight is 649 g/mol. The Kier molecular flexibility index (Phi) is 16.8. The van der Waals surface area contributed by atoms with E-state index in [1.54, 1.807) is 0 Å². The molecule has 0 aliphatic carbocycles. The molecule has 0 spiro atoms. The Morgan fingerprint density at radius 3 is 1.11 bits per heavy atom. The van der Waals surface area contributed by atoms with Crippen LogP contribution in [-0.2, 0) is 25.8 Å². The van der Waals surface area contributed by atoms with Crippen LogP contribution in [0.5, 0.6) is 0 Å². The summed E-state index contributed by atoms with van der Waals surface area (Å²) < 4.78 is 0. The maximum absolute atomic E-state index is 2.89. The Hall–Kier alpha value is -2.81. The van der Waals surface area contributed by atoms with E-state index in [2.05, 4.69) is 112 Å². The molecule has 6 aromatic carbocycles. The zero-order chi connectivity index (χ0) is 25.1. The summed E-state index contributed by atoms with van der Waals surface area (Å²) in [5.41, 5.74) is 2.70. The van der Waals surface area contributed by atoms with Crippen LogP contribution in [0.4, 0.5) is 0 Å². The van der Waals surface area contributed by atoms with Crippen molar-refractivity contribution < 1.29 is 25.8 Å². The summed E-state index contributed by atoms with van der Waals surface area (Å²) >= 11 is 0. The molecule has 0 aromatic heterocycles. The van der Waals surface area contributed by atoms with Gasteiger partial charge in [0.2, 0.25) is 0 Å². The fraction of sp³-hybridized carbons (Fsp3) is 0.118. The van der Waals surface area contributed by atoms with Gasteiger partial charge in [0.15, 0.2) is 0 Å². The standard InChI is InChI=1S/2C10H9.2C6H5.C2H6Si.Hf/c2*1-8-6-9-4-2-3-5-10(9)7-8;2*1-2-4-6-5-3-1;1-3-2;/h2*2-7H,1H3;2*1-5H;1-2H3;/q4*-1;;+4. The summed E-state index contributed by atoms with van der Waals surface area (Å²) in [4.78, 5) is 0. The molecule has 0 N–H and O–H groups in total. The summed E-state index contributed by atoms with van der Waals surface area (Å²) in [6.07, 6.45) is 0. The monoisotopic (exact) mass is 650 g/mol. The van der Waals surface area contributed by atoms with E-state index in [-0.39, 0.29) is 25.8 Å². The van der Waals surface area contributed by atoms with E-state index in [9.17, 15) is 0 Å². The molecule has 36 heavy (non-hydrogen) atoms. The van der Waals surface area contributed by atoms with Crippen LogP contribution < -0.4 is 0 Å². The molecule has 0 unspecified atom stereocenters. The van der Waals surface area contributed by atoms with Crippen LogP contribution in [0, 0.1) is 26.0 Å². The number of aryl methyl sites for hydroxylation is 2. The molecule has 0 aliphatic heterocycles. The molecule has 0 amide bonds. The van der Waals surface area contributed by atoms with E-state index in [0.29, 0.717) is 0 Å². The van der Waals surface area contributed by atoms with Gasteiger partial charge in [0.05, 0.1) is 0 Å². The van der Waals surface area contributed by atoms with Crippen molar-refractivity contribution in [2.75, 3.05) is 0 Å². The zero-order valence-corrected chi connectivity index (χ0v) is 26.3. The van der Waals surface area contributed by atoms with Crippen LogP contribution in [-0.4, -0.2) is 9.52 Å². The molecular formula is C34H34HfSi. The minimum absolute atomic E-state index is 0. The smallest absolute Gasteiger partial charge is 0.184 e. The van der Waals surface area contributed by atoms with Crippen molar-refractivity contribution in [2.45, 2.75) is 26.9 Å². The zero-order valence-electron chi connectivity index (χ0n) is 21.7. The van der Waals surface area contributed by atoms with Gasteiger partial charge >= 0.3 is 25.8 Å². The minimum atomic E-state index is 0. The molecule has 0 saturated carbocycles. The summed E-state index contributed by atoms with van der Waals surface area (Å²) in [5.74, 6) is 0. The number of hydrogen-bond donors (Lipinski definition) is 0. The van der Waals surface area contributed by atoms with Gasteiger partial charge in [-0.05, 0) is 0 Å². The van der Waals surface area contributed by atoms with Gasteiger partial charge in [0.1, 0.15) is 0 Å². The predicted octanol–water partition coefficient (Wildman–Crippen LogP) is 9.49. The first-order valence-corrected chi connectivity index (χ1v) is 13.8. The first-order valence-electron chi connectivity index (χ1n) is 11.8. The summed E-state index contributed by atoms with van der Waals surface area (Å²) in [6.45, 7) is 8.56. The Balaban J connectivity index is 0.000000235. The van der Waals surface area contributed by atoms with Crippen LogP contribution in [0.1, 0.15) is 11.1 Å². The second kappa shape index (κ2) is 19.4. The molecule has 6 aromatic rings. The Morgan fingerprint density at radius 1 is 0.528 bits per heavy atom. The average Bonchev–Trinajstić information content (AvgIpc) is 3.48. The van der Waals surface area contributed by atoms with E-state index in [1.807, 2.05) is 60.7 Å². The van der Waals surface area contributed by atoms with Crippen LogP contribution in [0.3, 0.4) is 0 Å². The molecule has 6 rings (SSSR count). The number of rotatable bonds is 0. The molecule has 0 atom stereocenters. The van der Waals surface area contributed by atoms with Gasteiger partial charge in [-0.1, -0.05) is 39.1 Å². The number of hydrogen-bond acceptors (Lipinski definition) is 0. The van der Waals surface area contributed by atoms with Crippen molar-refractivity contribution in [1.29, 1.82) is 0 Å². The third-order valence-corrected chi connectivity index (χ3v) is 4.74. The van der Waals surface area contributed by atoms with Gasteiger partial charge in [-0.25, -0.2) is 0 Å². The van der Waals surface area contributed by atoms with E-state index < -0.39 is 0 Å². The van der Waals surface area contributed by atoms with Crippen LogP contribution >= 0.6 is 0 Å². The normalized spacial score (nSPS) is 9.00. The van der Waals surface area contributed by atoms with Crippen molar-refractivity contribution in [3.8, 4) is 0 Å². The van der Waals surface area contributed by atoms with E-state index in [1.165, 1.54) is 32.7 Å². The summed E-state index contributed by atoms with van der Waals surface area (Å²) in [7, 11) is 1.08. The Bertz CT molecular complexity index is 1080. The molecule has 0 nitrogen and oxygen atoms in total. The molecule has 0 saturated heterocycles. The van der Waals surface area contributed by atoms with Crippen molar-refractivity contribution in [1.82, 2.24) is 0 Å². The maximum Gasteiger partial charge on any atom is 4.00 e. The van der Waals surface area contributed by atoms with Gasteiger partial charge in [0.25, 0.3) is 0 Å². The molecule has 2 heteroatoms. The molecule has 2 radical (unpaired) electrons. The summed E-state index contributed by atoms with van der Waals surface area (Å²) in [5, 5.41) is 5.39. The molecule has 0 bridgehead atoms. The third-order valence-electron chi connectivity index (χ3n) is 4.74. The Morgan fingerprint density at radius 2 is 0.861 bits per heavy atom. The fourth-order valence-electron chi connectivity index (χ4n) is 3.30. The molecule has 0 fully saturated rings. The first-order chi connectivity index (χ1) is 17.1. The van der Waals surface area contributed by atoms with Gasteiger partial charge in [-0.3, -0.25) is 0 Å². The second-order valence-corrected chi connectivity index (χ2v) is 8.98. The third kappa shape index (κ3) is 12.8. The molecule has 0 aliphatic rings. The number of fused-ring (bicyclic) bond motifs is 2. The van der Waals surface area contributed by atoms with Crippen molar-refractivity contribution >= 4 is 31.1 Å². The molecule has 0 heterocycles. The Labute approximate surface area is 239 Å². The van der Waals surface area contributed by atoms with Gasteiger partial charge in [-0.15, -0.1) is 81.2 Å². The molecule has 178 valence electrons. The predicted molar refractivity (Wildman–Crippen MR) is 157 cm³/mol. The van der Waals surface area contributed by atoms with Crippen molar-refractivity contribution in [2.24, 2.45) is 0 Å². The van der Waals surface area contributed by atoms with Crippen molar-refractivity contribution in [3.05, 3.63) is 157 Å². The van der Waals surface area contributed by atoms with Crippen molar-refractivity contribution in [3.63, 3.8) is 0 Å². The van der Waals surface area contributed by atoms with Crippen LogP contribution in [0.25, 0.3) is 21.5 Å². The summed E-state index contributed by atoms with van der Waals surface area (Å²) in [6, 6.07) is 50.7. The second-order valence-electron chi connectivity index (χ2n) is 7.98. The van der Waals surface area contributed by atoms with E-state index in [0.717, 1.165) is 9.52 Å². The SMILES string of the molecule is C[Si]C.Cc1cc2ccccc2[cH-]1.Cc1cc2ccccc2[cH-]1.[Hf+4].[c-]1ccccc1.[c-]1ccccc1. The fourth-order valence-corrected chi connectivity index (χ4v) is 3.30.